The van der Waals surface area contributed by atoms with E-state index >= 15 is 0 Å². The number of amides is 3. The summed E-state index contributed by atoms with van der Waals surface area (Å²) in [6.07, 6.45) is 1.21. The first-order valence-corrected chi connectivity index (χ1v) is 9.29. The second-order valence-electron chi connectivity index (χ2n) is 5.90. The molecular formula is C18H10ClF2N3O5S. The van der Waals surface area contributed by atoms with Gasteiger partial charge in [-0.05, 0) is 36.0 Å². The van der Waals surface area contributed by atoms with Gasteiger partial charge in [-0.2, -0.15) is 0 Å². The van der Waals surface area contributed by atoms with Gasteiger partial charge in [-0.3, -0.25) is 29.4 Å². The minimum Gasteiger partial charge on any atom is -0.322 e. The zero-order valence-electron chi connectivity index (χ0n) is 14.7. The van der Waals surface area contributed by atoms with Crippen molar-refractivity contribution >= 4 is 57.9 Å². The Morgan fingerprint density at radius 2 is 1.97 bits per heavy atom. The molecule has 3 amide bonds. The third kappa shape index (κ3) is 4.63. The first-order chi connectivity index (χ1) is 14.2. The molecule has 0 radical (unpaired) electrons. The number of halogens is 3. The van der Waals surface area contributed by atoms with Crippen molar-refractivity contribution in [1.29, 1.82) is 0 Å². The molecule has 30 heavy (non-hydrogen) atoms. The molecule has 0 aliphatic carbocycles. The molecule has 0 saturated carbocycles. The molecule has 12 heteroatoms. The van der Waals surface area contributed by atoms with E-state index in [1.165, 1.54) is 18.2 Å². The van der Waals surface area contributed by atoms with E-state index in [1.807, 2.05) is 0 Å². The van der Waals surface area contributed by atoms with Crippen LogP contribution in [0.2, 0.25) is 5.02 Å². The SMILES string of the molecule is O=C(CN1C(=O)S/C(=C\c2cc([N+](=O)[O-])ccc2Cl)C1=O)Nc1ccc(F)cc1F. The molecule has 0 aromatic heterocycles. The normalized spacial score (nSPS) is 15.0. The number of nitro groups is 1. The molecule has 1 heterocycles. The lowest BCUT2D eigenvalue weighted by atomic mass is 10.2. The van der Waals surface area contributed by atoms with Crippen LogP contribution in [0.5, 0.6) is 0 Å². The van der Waals surface area contributed by atoms with Crippen LogP contribution in [0.1, 0.15) is 5.56 Å². The summed E-state index contributed by atoms with van der Waals surface area (Å²) in [5, 5.41) is 12.4. The van der Waals surface area contributed by atoms with Gasteiger partial charge in [0.05, 0.1) is 15.5 Å². The van der Waals surface area contributed by atoms with Crippen LogP contribution in [0, 0.1) is 21.7 Å². The molecule has 3 rings (SSSR count). The molecule has 0 atom stereocenters. The van der Waals surface area contributed by atoms with Gasteiger partial charge in [0, 0.05) is 28.8 Å². The number of nitrogens with one attached hydrogen (secondary N) is 1. The van der Waals surface area contributed by atoms with Crippen molar-refractivity contribution in [2.75, 3.05) is 11.9 Å². The standard InChI is InChI=1S/C18H10ClF2N3O5S/c19-12-3-2-11(24(28)29)5-9(12)6-15-17(26)23(18(27)30-15)8-16(25)22-14-4-1-10(20)7-13(14)21/h1-7H,8H2,(H,22,25)/b15-6-. The van der Waals surface area contributed by atoms with Crippen LogP contribution in [0.3, 0.4) is 0 Å². The minimum atomic E-state index is -1.02. The molecule has 2 aromatic carbocycles. The molecule has 2 aromatic rings. The maximum Gasteiger partial charge on any atom is 0.294 e. The van der Waals surface area contributed by atoms with Gasteiger partial charge in [0.25, 0.3) is 16.8 Å². The highest BCUT2D eigenvalue weighted by atomic mass is 35.5. The first-order valence-electron chi connectivity index (χ1n) is 8.10. The van der Waals surface area contributed by atoms with E-state index < -0.39 is 40.2 Å². The fourth-order valence-corrected chi connectivity index (χ4v) is 3.46. The number of nitrogens with zero attached hydrogens (tertiary/aromatic N) is 2. The first kappa shape index (κ1) is 21.4. The van der Waals surface area contributed by atoms with Crippen LogP contribution in [0.4, 0.5) is 25.0 Å². The molecule has 8 nitrogen and oxygen atoms in total. The lowest BCUT2D eigenvalue weighted by molar-refractivity contribution is -0.384. The number of nitro benzene ring substituents is 1. The Morgan fingerprint density at radius 1 is 1.23 bits per heavy atom. The van der Waals surface area contributed by atoms with Crippen molar-refractivity contribution in [1.82, 2.24) is 4.90 Å². The summed E-state index contributed by atoms with van der Waals surface area (Å²) in [5.41, 5.74) is -0.424. The fourth-order valence-electron chi connectivity index (χ4n) is 2.46. The second-order valence-corrected chi connectivity index (χ2v) is 7.30. The molecule has 1 aliphatic rings. The van der Waals surface area contributed by atoms with E-state index in [9.17, 15) is 33.3 Å². The topological polar surface area (TPSA) is 110 Å². The molecular weight excluding hydrogens is 444 g/mol. The van der Waals surface area contributed by atoms with Crippen LogP contribution in [0.25, 0.3) is 6.08 Å². The van der Waals surface area contributed by atoms with Crippen molar-refractivity contribution in [2.24, 2.45) is 0 Å². The van der Waals surface area contributed by atoms with Crippen LogP contribution in [-0.4, -0.2) is 33.4 Å². The summed E-state index contributed by atoms with van der Waals surface area (Å²) < 4.78 is 26.6. The van der Waals surface area contributed by atoms with Crippen molar-refractivity contribution in [3.05, 3.63) is 73.6 Å². The molecule has 154 valence electrons. The predicted molar refractivity (Wildman–Crippen MR) is 106 cm³/mol. The number of rotatable bonds is 5. The van der Waals surface area contributed by atoms with Crippen molar-refractivity contribution in [2.45, 2.75) is 0 Å². The number of thioether (sulfide) groups is 1. The summed E-state index contributed by atoms with van der Waals surface area (Å²) in [5.74, 6) is -3.54. The molecule has 0 spiro atoms. The smallest absolute Gasteiger partial charge is 0.294 e. The average Bonchev–Trinajstić information content (AvgIpc) is 2.93. The van der Waals surface area contributed by atoms with Crippen molar-refractivity contribution < 1.29 is 28.1 Å². The zero-order valence-corrected chi connectivity index (χ0v) is 16.3. The molecule has 0 bridgehead atoms. The Kier molecular flexibility index (Phi) is 6.13. The van der Waals surface area contributed by atoms with Gasteiger partial charge in [0.1, 0.15) is 18.2 Å². The maximum absolute atomic E-state index is 13.6. The van der Waals surface area contributed by atoms with Gasteiger partial charge in [-0.1, -0.05) is 11.6 Å². The van der Waals surface area contributed by atoms with E-state index in [1.54, 1.807) is 0 Å². The van der Waals surface area contributed by atoms with E-state index in [0.29, 0.717) is 22.7 Å². The summed E-state index contributed by atoms with van der Waals surface area (Å²) in [6.45, 7) is -0.707. The Morgan fingerprint density at radius 3 is 2.63 bits per heavy atom. The molecule has 0 unspecified atom stereocenters. The lowest BCUT2D eigenvalue weighted by Crippen LogP contribution is -2.36. The van der Waals surface area contributed by atoms with Crippen LogP contribution in [0.15, 0.2) is 41.3 Å². The number of hydrogen-bond acceptors (Lipinski definition) is 6. The lowest BCUT2D eigenvalue weighted by Gasteiger charge is -2.12. The molecule has 1 aliphatic heterocycles. The van der Waals surface area contributed by atoms with Gasteiger partial charge in [0.15, 0.2) is 0 Å². The largest absolute Gasteiger partial charge is 0.322 e. The Balaban J connectivity index is 1.76. The molecule has 1 saturated heterocycles. The van der Waals surface area contributed by atoms with Crippen molar-refractivity contribution in [3.8, 4) is 0 Å². The highest BCUT2D eigenvalue weighted by molar-refractivity contribution is 8.18. The third-order valence-corrected chi connectivity index (χ3v) is 5.11. The summed E-state index contributed by atoms with van der Waals surface area (Å²) in [7, 11) is 0. The van der Waals surface area contributed by atoms with E-state index in [0.717, 1.165) is 18.2 Å². The van der Waals surface area contributed by atoms with Crippen LogP contribution < -0.4 is 5.32 Å². The maximum atomic E-state index is 13.6. The second kappa shape index (κ2) is 8.59. The zero-order chi connectivity index (χ0) is 22.0. The number of non-ortho nitro benzene ring substituents is 1. The van der Waals surface area contributed by atoms with Gasteiger partial charge in [0.2, 0.25) is 5.91 Å². The number of anilines is 1. The molecule has 1 N–H and O–H groups in total. The average molecular weight is 454 g/mol. The molecule has 1 fully saturated rings. The Hall–Kier alpha value is -3.31. The van der Waals surface area contributed by atoms with Gasteiger partial charge >= 0.3 is 0 Å². The number of benzene rings is 2. The monoisotopic (exact) mass is 453 g/mol. The minimum absolute atomic E-state index is 0.0943. The van der Waals surface area contributed by atoms with Crippen LogP contribution >= 0.6 is 23.4 Å². The third-order valence-electron chi connectivity index (χ3n) is 3.86. The number of carbonyl (C=O) groups is 3. The highest BCUT2D eigenvalue weighted by Gasteiger charge is 2.36. The fraction of sp³-hybridized carbons (Fsp3) is 0.0556. The van der Waals surface area contributed by atoms with Gasteiger partial charge < -0.3 is 5.32 Å². The number of carbonyl (C=O) groups excluding carboxylic acids is 3. The van der Waals surface area contributed by atoms with E-state index in [2.05, 4.69) is 5.32 Å². The van der Waals surface area contributed by atoms with Gasteiger partial charge in [-0.25, -0.2) is 8.78 Å². The van der Waals surface area contributed by atoms with Crippen molar-refractivity contribution in [3.63, 3.8) is 0 Å². The number of hydrogen-bond donors (Lipinski definition) is 1. The van der Waals surface area contributed by atoms with Gasteiger partial charge in [-0.15, -0.1) is 0 Å². The van der Waals surface area contributed by atoms with Crippen LogP contribution in [-0.2, 0) is 9.59 Å². The highest BCUT2D eigenvalue weighted by Crippen LogP contribution is 2.34. The van der Waals surface area contributed by atoms with E-state index in [4.69, 9.17) is 11.6 Å². The van der Waals surface area contributed by atoms with E-state index in [-0.39, 0.29) is 26.9 Å². The Labute approximate surface area is 176 Å². The summed E-state index contributed by atoms with van der Waals surface area (Å²) >= 11 is 6.51. The summed E-state index contributed by atoms with van der Waals surface area (Å²) in [6, 6.07) is 6.11. The Bertz CT molecular complexity index is 1120. The predicted octanol–water partition coefficient (Wildman–Crippen LogP) is 4.20. The summed E-state index contributed by atoms with van der Waals surface area (Å²) in [4.78, 5) is 47.5. The number of imide groups is 1. The quantitative estimate of drug-likeness (QED) is 0.412.